The van der Waals surface area contributed by atoms with Gasteiger partial charge in [0.25, 0.3) is 5.91 Å². The quantitative estimate of drug-likeness (QED) is 0.873. The SMILES string of the molecule is CC1SCCN(C(=O)c2cc(C(=O)O)on2)C1C. The van der Waals surface area contributed by atoms with Crippen LogP contribution in [0.1, 0.15) is 34.9 Å². The Hall–Kier alpha value is -1.50. The summed E-state index contributed by atoms with van der Waals surface area (Å²) in [5, 5.41) is 12.6. The molecular weight excluding hydrogens is 256 g/mol. The lowest BCUT2D eigenvalue weighted by Gasteiger charge is -2.36. The van der Waals surface area contributed by atoms with Gasteiger partial charge in [0.05, 0.1) is 0 Å². The van der Waals surface area contributed by atoms with Crippen molar-refractivity contribution in [1.29, 1.82) is 0 Å². The van der Waals surface area contributed by atoms with Crippen molar-refractivity contribution in [1.82, 2.24) is 10.1 Å². The maximum atomic E-state index is 12.2. The zero-order chi connectivity index (χ0) is 13.3. The predicted octanol–water partition coefficient (Wildman–Crippen LogP) is 1.34. The van der Waals surface area contributed by atoms with Crippen molar-refractivity contribution in [2.75, 3.05) is 12.3 Å². The minimum absolute atomic E-state index is 0.0540. The summed E-state index contributed by atoms with van der Waals surface area (Å²) in [6.45, 7) is 4.69. The van der Waals surface area contributed by atoms with Crippen LogP contribution in [0.25, 0.3) is 0 Å². The van der Waals surface area contributed by atoms with E-state index in [1.54, 1.807) is 4.90 Å². The molecule has 0 bridgehead atoms. The molecule has 1 fully saturated rings. The molecule has 1 aliphatic heterocycles. The molecule has 0 aliphatic carbocycles. The Kier molecular flexibility index (Phi) is 3.60. The highest BCUT2D eigenvalue weighted by Crippen LogP contribution is 2.25. The van der Waals surface area contributed by atoms with Crippen LogP contribution in [-0.4, -0.2) is 50.6 Å². The standard InChI is InChI=1S/C11H14N2O4S/c1-6-7(2)18-4-3-13(6)10(14)8-5-9(11(15)16)17-12-8/h5-7H,3-4H2,1-2H3,(H,15,16). The third-order valence-electron chi connectivity index (χ3n) is 3.08. The molecule has 0 radical (unpaired) electrons. The van der Waals surface area contributed by atoms with Gasteiger partial charge in [0, 0.05) is 29.7 Å². The molecule has 18 heavy (non-hydrogen) atoms. The van der Waals surface area contributed by atoms with Crippen molar-refractivity contribution in [2.24, 2.45) is 0 Å². The second kappa shape index (κ2) is 5.01. The van der Waals surface area contributed by atoms with Crippen LogP contribution in [0.2, 0.25) is 0 Å². The highest BCUT2D eigenvalue weighted by Gasteiger charge is 2.31. The first-order valence-corrected chi connectivity index (χ1v) is 6.68. The number of amides is 1. The average Bonchev–Trinajstić information content (AvgIpc) is 2.81. The van der Waals surface area contributed by atoms with E-state index in [0.717, 1.165) is 5.75 Å². The molecule has 1 saturated heterocycles. The van der Waals surface area contributed by atoms with Gasteiger partial charge >= 0.3 is 5.97 Å². The summed E-state index contributed by atoms with van der Waals surface area (Å²) >= 11 is 1.82. The number of aromatic nitrogens is 1. The zero-order valence-corrected chi connectivity index (χ0v) is 10.9. The van der Waals surface area contributed by atoms with E-state index in [-0.39, 0.29) is 23.4 Å². The van der Waals surface area contributed by atoms with E-state index in [1.165, 1.54) is 6.07 Å². The van der Waals surface area contributed by atoms with E-state index in [9.17, 15) is 9.59 Å². The second-order valence-electron chi connectivity index (χ2n) is 4.20. The van der Waals surface area contributed by atoms with E-state index in [0.29, 0.717) is 11.8 Å². The third kappa shape index (κ3) is 2.35. The van der Waals surface area contributed by atoms with Gasteiger partial charge in [0.2, 0.25) is 5.76 Å². The lowest BCUT2D eigenvalue weighted by Crippen LogP contribution is -2.48. The van der Waals surface area contributed by atoms with Crippen LogP contribution in [0, 0.1) is 0 Å². The molecule has 1 aromatic rings. The fraction of sp³-hybridized carbons (Fsp3) is 0.545. The molecule has 0 aromatic carbocycles. The summed E-state index contributed by atoms with van der Waals surface area (Å²) in [7, 11) is 0. The maximum absolute atomic E-state index is 12.2. The monoisotopic (exact) mass is 270 g/mol. The van der Waals surface area contributed by atoms with Crippen molar-refractivity contribution in [2.45, 2.75) is 25.1 Å². The van der Waals surface area contributed by atoms with E-state index >= 15 is 0 Å². The molecule has 6 nitrogen and oxygen atoms in total. The summed E-state index contributed by atoms with van der Waals surface area (Å²) < 4.78 is 4.60. The van der Waals surface area contributed by atoms with Crippen LogP contribution < -0.4 is 0 Å². The van der Waals surface area contributed by atoms with Crippen LogP contribution in [0.3, 0.4) is 0 Å². The van der Waals surface area contributed by atoms with Gasteiger partial charge in [-0.15, -0.1) is 0 Å². The first-order chi connectivity index (χ1) is 8.50. The summed E-state index contributed by atoms with van der Waals surface area (Å²) in [5.74, 6) is -0.936. The Morgan fingerprint density at radius 3 is 2.89 bits per heavy atom. The van der Waals surface area contributed by atoms with E-state index in [2.05, 4.69) is 16.6 Å². The molecule has 1 aliphatic rings. The molecule has 0 spiro atoms. The van der Waals surface area contributed by atoms with Crippen molar-refractivity contribution in [3.63, 3.8) is 0 Å². The molecule has 2 rings (SSSR count). The maximum Gasteiger partial charge on any atom is 0.374 e. The number of hydrogen-bond donors (Lipinski definition) is 1. The molecule has 2 atom stereocenters. The first kappa shape index (κ1) is 12.9. The number of carboxylic acid groups (broad SMARTS) is 1. The molecule has 7 heteroatoms. The van der Waals surface area contributed by atoms with Crippen molar-refractivity contribution in [3.8, 4) is 0 Å². The third-order valence-corrected chi connectivity index (χ3v) is 4.42. The van der Waals surface area contributed by atoms with Crippen LogP contribution in [0.15, 0.2) is 10.6 Å². The van der Waals surface area contributed by atoms with Crippen molar-refractivity contribution >= 4 is 23.6 Å². The summed E-state index contributed by atoms with van der Waals surface area (Å²) in [5.41, 5.74) is 0.0540. The van der Waals surface area contributed by atoms with Gasteiger partial charge in [0.1, 0.15) is 0 Å². The smallest absolute Gasteiger partial charge is 0.374 e. The highest BCUT2D eigenvalue weighted by atomic mass is 32.2. The Bertz CT molecular complexity index is 473. The highest BCUT2D eigenvalue weighted by molar-refractivity contribution is 8.00. The number of nitrogens with zero attached hydrogens (tertiary/aromatic N) is 2. The van der Waals surface area contributed by atoms with Gasteiger partial charge in [-0.1, -0.05) is 12.1 Å². The largest absolute Gasteiger partial charge is 0.475 e. The normalized spacial score (nSPS) is 24.0. The molecule has 2 unspecified atom stereocenters. The summed E-state index contributed by atoms with van der Waals surface area (Å²) in [6, 6.07) is 1.27. The van der Waals surface area contributed by atoms with Gasteiger partial charge < -0.3 is 14.5 Å². The number of carboxylic acids is 1. The topological polar surface area (TPSA) is 83.6 Å². The fourth-order valence-corrected chi connectivity index (χ4v) is 2.94. The summed E-state index contributed by atoms with van der Waals surface area (Å²) in [4.78, 5) is 24.6. The van der Waals surface area contributed by atoms with Crippen molar-refractivity contribution < 1.29 is 19.2 Å². The van der Waals surface area contributed by atoms with Gasteiger partial charge in [-0.25, -0.2) is 4.79 Å². The average molecular weight is 270 g/mol. The van der Waals surface area contributed by atoms with Crippen LogP contribution in [-0.2, 0) is 0 Å². The lowest BCUT2D eigenvalue weighted by molar-refractivity contribution is 0.0644. The first-order valence-electron chi connectivity index (χ1n) is 5.63. The molecular formula is C11H14N2O4S. The number of hydrogen-bond acceptors (Lipinski definition) is 5. The van der Waals surface area contributed by atoms with E-state index < -0.39 is 5.97 Å². The lowest BCUT2D eigenvalue weighted by atomic mass is 10.2. The minimum Gasteiger partial charge on any atom is -0.475 e. The molecule has 1 N–H and O–H groups in total. The number of thioether (sulfide) groups is 1. The Labute approximate surface area is 108 Å². The number of carbonyl (C=O) groups is 2. The number of rotatable bonds is 2. The van der Waals surface area contributed by atoms with Gasteiger partial charge in [-0.3, -0.25) is 4.79 Å². The molecule has 2 heterocycles. The molecule has 98 valence electrons. The molecule has 1 amide bonds. The van der Waals surface area contributed by atoms with E-state index in [1.807, 2.05) is 18.7 Å². The van der Waals surface area contributed by atoms with Crippen LogP contribution >= 0.6 is 11.8 Å². The fourth-order valence-electron chi connectivity index (χ4n) is 1.84. The van der Waals surface area contributed by atoms with Crippen LogP contribution in [0.5, 0.6) is 0 Å². The van der Waals surface area contributed by atoms with Gasteiger partial charge in [0.15, 0.2) is 5.69 Å². The van der Waals surface area contributed by atoms with Gasteiger partial charge in [-0.2, -0.15) is 11.8 Å². The zero-order valence-electron chi connectivity index (χ0n) is 10.1. The Morgan fingerprint density at radius 2 is 2.28 bits per heavy atom. The van der Waals surface area contributed by atoms with Gasteiger partial charge in [-0.05, 0) is 6.92 Å². The summed E-state index contributed by atoms with van der Waals surface area (Å²) in [6.07, 6.45) is 0. The Balaban J connectivity index is 2.17. The van der Waals surface area contributed by atoms with Crippen molar-refractivity contribution in [3.05, 3.63) is 17.5 Å². The van der Waals surface area contributed by atoms with Crippen LogP contribution in [0.4, 0.5) is 0 Å². The molecule has 0 saturated carbocycles. The second-order valence-corrected chi connectivity index (χ2v) is 5.68. The number of aromatic carboxylic acids is 1. The minimum atomic E-state index is -1.22. The predicted molar refractivity (Wildman–Crippen MR) is 65.9 cm³/mol. The van der Waals surface area contributed by atoms with E-state index in [4.69, 9.17) is 5.11 Å². The molecule has 1 aromatic heterocycles. The Morgan fingerprint density at radius 1 is 1.56 bits per heavy atom. The number of carbonyl (C=O) groups excluding carboxylic acids is 1.